The molecular formula is C13H19ClN2O. The quantitative estimate of drug-likeness (QED) is 0.628. The highest BCUT2D eigenvalue weighted by Gasteiger charge is 2.19. The lowest BCUT2D eigenvalue weighted by Gasteiger charge is -2.19. The van der Waals surface area contributed by atoms with E-state index in [4.69, 9.17) is 22.2 Å². The van der Waals surface area contributed by atoms with Gasteiger partial charge < -0.3 is 4.74 Å². The zero-order valence-electron chi connectivity index (χ0n) is 9.86. The van der Waals surface area contributed by atoms with Gasteiger partial charge >= 0.3 is 0 Å². The van der Waals surface area contributed by atoms with Crippen molar-refractivity contribution in [2.45, 2.75) is 37.8 Å². The van der Waals surface area contributed by atoms with Crippen LogP contribution in [-0.2, 0) is 4.74 Å². The molecule has 0 saturated carbocycles. The molecule has 1 aromatic carbocycles. The topological polar surface area (TPSA) is 47.3 Å². The Labute approximate surface area is 107 Å². The van der Waals surface area contributed by atoms with Gasteiger partial charge in [0, 0.05) is 17.7 Å². The highest BCUT2D eigenvalue weighted by Crippen LogP contribution is 2.27. The lowest BCUT2D eigenvalue weighted by molar-refractivity contribution is 0.0996. The smallest absolute Gasteiger partial charge is 0.0576 e. The van der Waals surface area contributed by atoms with Crippen LogP contribution in [0.15, 0.2) is 24.3 Å². The molecule has 1 heterocycles. The Balaban J connectivity index is 1.94. The van der Waals surface area contributed by atoms with Gasteiger partial charge in [0.05, 0.1) is 6.10 Å². The summed E-state index contributed by atoms with van der Waals surface area (Å²) in [6.07, 6.45) is 4.72. The van der Waals surface area contributed by atoms with E-state index in [-0.39, 0.29) is 6.04 Å². The Morgan fingerprint density at radius 3 is 2.94 bits per heavy atom. The zero-order chi connectivity index (χ0) is 12.1. The summed E-state index contributed by atoms with van der Waals surface area (Å²) in [5, 5.41) is 0.766. The highest BCUT2D eigenvalue weighted by atomic mass is 35.5. The summed E-state index contributed by atoms with van der Waals surface area (Å²) >= 11 is 6.17. The van der Waals surface area contributed by atoms with Gasteiger partial charge in [0.2, 0.25) is 0 Å². The third-order valence-electron chi connectivity index (χ3n) is 3.28. The molecule has 0 spiro atoms. The summed E-state index contributed by atoms with van der Waals surface area (Å²) in [6, 6.07) is 7.93. The van der Waals surface area contributed by atoms with Crippen LogP contribution in [0, 0.1) is 0 Å². The van der Waals surface area contributed by atoms with Crippen LogP contribution in [0.3, 0.4) is 0 Å². The first-order valence-corrected chi connectivity index (χ1v) is 6.51. The van der Waals surface area contributed by atoms with Crippen molar-refractivity contribution in [2.24, 2.45) is 5.84 Å². The standard InChI is InChI=1S/C13H19ClN2O/c14-12-6-2-1-5-11(12)13(16-15)8-7-10-4-3-9-17-10/h1-2,5-6,10,13,16H,3-4,7-9,15H2. The molecule has 1 saturated heterocycles. The van der Waals surface area contributed by atoms with E-state index in [2.05, 4.69) is 5.43 Å². The molecule has 1 aliphatic heterocycles. The maximum Gasteiger partial charge on any atom is 0.0576 e. The number of hydrazine groups is 1. The SMILES string of the molecule is NNC(CCC1CCCO1)c1ccccc1Cl. The molecule has 2 unspecified atom stereocenters. The number of rotatable bonds is 5. The van der Waals surface area contributed by atoms with Crippen LogP contribution in [0.4, 0.5) is 0 Å². The fraction of sp³-hybridized carbons (Fsp3) is 0.538. The maximum atomic E-state index is 6.17. The third-order valence-corrected chi connectivity index (χ3v) is 3.63. The van der Waals surface area contributed by atoms with Crippen molar-refractivity contribution >= 4 is 11.6 Å². The van der Waals surface area contributed by atoms with Crippen molar-refractivity contribution in [1.82, 2.24) is 5.43 Å². The Morgan fingerprint density at radius 2 is 2.29 bits per heavy atom. The van der Waals surface area contributed by atoms with Crippen molar-refractivity contribution in [3.05, 3.63) is 34.9 Å². The van der Waals surface area contributed by atoms with Gasteiger partial charge in [-0.1, -0.05) is 29.8 Å². The van der Waals surface area contributed by atoms with Crippen molar-refractivity contribution in [3.63, 3.8) is 0 Å². The molecule has 0 aromatic heterocycles. The van der Waals surface area contributed by atoms with Gasteiger partial charge in [-0.2, -0.15) is 0 Å². The van der Waals surface area contributed by atoms with Crippen LogP contribution in [0.5, 0.6) is 0 Å². The van der Waals surface area contributed by atoms with Crippen LogP contribution >= 0.6 is 11.6 Å². The second kappa shape index (κ2) is 6.36. The van der Waals surface area contributed by atoms with Gasteiger partial charge in [-0.25, -0.2) is 0 Å². The van der Waals surface area contributed by atoms with Crippen LogP contribution < -0.4 is 11.3 Å². The van der Waals surface area contributed by atoms with E-state index in [0.717, 1.165) is 30.0 Å². The molecule has 94 valence electrons. The molecule has 1 aliphatic rings. The molecule has 0 radical (unpaired) electrons. The largest absolute Gasteiger partial charge is 0.378 e. The molecule has 1 fully saturated rings. The number of hydrogen-bond acceptors (Lipinski definition) is 3. The number of halogens is 1. The number of ether oxygens (including phenoxy) is 1. The Morgan fingerprint density at radius 1 is 1.47 bits per heavy atom. The van der Waals surface area contributed by atoms with E-state index in [9.17, 15) is 0 Å². The highest BCUT2D eigenvalue weighted by molar-refractivity contribution is 6.31. The summed E-state index contributed by atoms with van der Waals surface area (Å²) in [6.45, 7) is 0.900. The first-order valence-electron chi connectivity index (χ1n) is 6.13. The number of nitrogens with two attached hydrogens (primary N) is 1. The van der Waals surface area contributed by atoms with Crippen molar-refractivity contribution < 1.29 is 4.74 Å². The second-order valence-electron chi connectivity index (χ2n) is 4.45. The molecule has 4 heteroatoms. The zero-order valence-corrected chi connectivity index (χ0v) is 10.6. The van der Waals surface area contributed by atoms with Gasteiger partial charge in [0.1, 0.15) is 0 Å². The molecule has 0 amide bonds. The monoisotopic (exact) mass is 254 g/mol. The van der Waals surface area contributed by atoms with E-state index in [0.29, 0.717) is 6.10 Å². The Kier molecular flexibility index (Phi) is 4.80. The Hall–Kier alpha value is -0.610. The predicted octanol–water partition coefficient (Wildman–Crippen LogP) is 2.80. The summed E-state index contributed by atoms with van der Waals surface area (Å²) < 4.78 is 5.61. The number of nitrogens with one attached hydrogen (secondary N) is 1. The summed E-state index contributed by atoms with van der Waals surface area (Å²) in [7, 11) is 0. The molecule has 0 bridgehead atoms. The summed E-state index contributed by atoms with van der Waals surface area (Å²) in [5.74, 6) is 5.61. The van der Waals surface area contributed by atoms with Crippen molar-refractivity contribution in [2.75, 3.05) is 6.61 Å². The minimum Gasteiger partial charge on any atom is -0.378 e. The van der Waals surface area contributed by atoms with Gasteiger partial charge in [0.15, 0.2) is 0 Å². The Bertz CT molecular complexity index is 353. The molecule has 3 nitrogen and oxygen atoms in total. The average molecular weight is 255 g/mol. The second-order valence-corrected chi connectivity index (χ2v) is 4.86. The van der Waals surface area contributed by atoms with Gasteiger partial charge in [-0.05, 0) is 37.3 Å². The van der Waals surface area contributed by atoms with Crippen LogP contribution in [0.25, 0.3) is 0 Å². The minimum absolute atomic E-state index is 0.105. The molecular weight excluding hydrogens is 236 g/mol. The van der Waals surface area contributed by atoms with Crippen LogP contribution in [-0.4, -0.2) is 12.7 Å². The molecule has 17 heavy (non-hydrogen) atoms. The third kappa shape index (κ3) is 3.42. The van der Waals surface area contributed by atoms with Crippen molar-refractivity contribution in [3.8, 4) is 0 Å². The van der Waals surface area contributed by atoms with Gasteiger partial charge in [0.25, 0.3) is 0 Å². The lowest BCUT2D eigenvalue weighted by atomic mass is 10.00. The molecule has 1 aromatic rings. The van der Waals surface area contributed by atoms with E-state index >= 15 is 0 Å². The van der Waals surface area contributed by atoms with Crippen LogP contribution in [0.2, 0.25) is 5.02 Å². The number of benzene rings is 1. The predicted molar refractivity (Wildman–Crippen MR) is 69.7 cm³/mol. The van der Waals surface area contributed by atoms with Crippen molar-refractivity contribution in [1.29, 1.82) is 0 Å². The molecule has 2 rings (SSSR count). The summed E-state index contributed by atoms with van der Waals surface area (Å²) in [5.41, 5.74) is 3.91. The van der Waals surface area contributed by atoms with E-state index < -0.39 is 0 Å². The van der Waals surface area contributed by atoms with E-state index in [1.54, 1.807) is 0 Å². The van der Waals surface area contributed by atoms with E-state index in [1.165, 1.54) is 12.8 Å². The van der Waals surface area contributed by atoms with Crippen LogP contribution in [0.1, 0.15) is 37.3 Å². The fourth-order valence-electron chi connectivity index (χ4n) is 2.31. The maximum absolute atomic E-state index is 6.17. The molecule has 2 atom stereocenters. The number of hydrogen-bond donors (Lipinski definition) is 2. The summed E-state index contributed by atoms with van der Waals surface area (Å²) in [4.78, 5) is 0. The fourth-order valence-corrected chi connectivity index (χ4v) is 2.58. The van der Waals surface area contributed by atoms with Gasteiger partial charge in [-0.3, -0.25) is 11.3 Å². The minimum atomic E-state index is 0.105. The normalized spacial score (nSPS) is 21.6. The molecule has 3 N–H and O–H groups in total. The first-order chi connectivity index (χ1) is 8.31. The lowest BCUT2D eigenvalue weighted by Crippen LogP contribution is -2.29. The first kappa shape index (κ1) is 12.8. The van der Waals surface area contributed by atoms with E-state index in [1.807, 2.05) is 24.3 Å². The molecule has 0 aliphatic carbocycles. The van der Waals surface area contributed by atoms with Gasteiger partial charge in [-0.15, -0.1) is 0 Å². The average Bonchev–Trinajstić information content (AvgIpc) is 2.85.